The van der Waals surface area contributed by atoms with Crippen LogP contribution in [0.2, 0.25) is 0 Å². The Morgan fingerprint density at radius 1 is 1.33 bits per heavy atom. The number of fused-ring (bicyclic) bond motifs is 1. The molecule has 0 saturated carbocycles. The van der Waals surface area contributed by atoms with Crippen LogP contribution in [0.1, 0.15) is 31.2 Å². The molecular weight excluding hydrogens is 190 g/mol. The number of hydrogen-bond donors (Lipinski definition) is 1. The highest BCUT2D eigenvalue weighted by atomic mass is 16.5. The fraction of sp³-hybridized carbons (Fsp3) is 0.417. The Hall–Kier alpha value is -1.35. The molecule has 1 atom stereocenters. The van der Waals surface area contributed by atoms with Crippen LogP contribution in [0.15, 0.2) is 24.3 Å². The highest BCUT2D eigenvalue weighted by molar-refractivity contribution is 5.89. The number of nitrogens with one attached hydrogen (secondary N) is 1. The zero-order chi connectivity index (χ0) is 11.1. The normalized spacial score (nSPS) is 23.1. The number of carbonyl (C=O) groups excluding carboxylic acids is 1. The van der Waals surface area contributed by atoms with Gasteiger partial charge in [0.1, 0.15) is 0 Å². The van der Waals surface area contributed by atoms with E-state index in [1.807, 2.05) is 38.1 Å². The maximum Gasteiger partial charge on any atom is 0.232 e. The monoisotopic (exact) mass is 205 g/mol. The first kappa shape index (κ1) is 10.2. The van der Waals surface area contributed by atoms with Gasteiger partial charge in [-0.25, -0.2) is 0 Å². The molecule has 1 aromatic carbocycles. The standard InChI is InChI=1S/C12H15NO2/c1-12(2)9-7-5-4-6-8(9)10(15-3)13-11(12)14/h4-7,10H,1-3H3,(H,13,14). The number of ether oxygens (including phenoxy) is 1. The van der Waals surface area contributed by atoms with Gasteiger partial charge in [-0.15, -0.1) is 0 Å². The predicted molar refractivity (Wildman–Crippen MR) is 57.4 cm³/mol. The Morgan fingerprint density at radius 2 is 2.00 bits per heavy atom. The van der Waals surface area contributed by atoms with Gasteiger partial charge < -0.3 is 10.1 Å². The minimum atomic E-state index is -0.481. The van der Waals surface area contributed by atoms with Crippen LogP contribution in [-0.4, -0.2) is 13.0 Å². The molecular formula is C12H15NO2. The predicted octanol–water partition coefficient (Wildman–Crippen LogP) is 1.74. The average molecular weight is 205 g/mol. The van der Waals surface area contributed by atoms with Crippen molar-refractivity contribution in [3.8, 4) is 0 Å². The summed E-state index contributed by atoms with van der Waals surface area (Å²) in [5, 5.41) is 2.85. The molecule has 1 heterocycles. The molecule has 0 spiro atoms. The van der Waals surface area contributed by atoms with E-state index in [-0.39, 0.29) is 12.1 Å². The van der Waals surface area contributed by atoms with Gasteiger partial charge in [-0.3, -0.25) is 4.79 Å². The summed E-state index contributed by atoms with van der Waals surface area (Å²) in [5.74, 6) is 0.00745. The lowest BCUT2D eigenvalue weighted by Gasteiger charge is -2.35. The minimum Gasteiger partial charge on any atom is -0.357 e. The summed E-state index contributed by atoms with van der Waals surface area (Å²) in [4.78, 5) is 11.9. The van der Waals surface area contributed by atoms with Gasteiger partial charge in [-0.2, -0.15) is 0 Å². The first-order chi connectivity index (χ1) is 7.07. The quantitative estimate of drug-likeness (QED) is 0.758. The molecule has 2 rings (SSSR count). The molecule has 0 bridgehead atoms. The minimum absolute atomic E-state index is 0.00745. The van der Waals surface area contributed by atoms with E-state index in [0.717, 1.165) is 11.1 Å². The van der Waals surface area contributed by atoms with E-state index in [2.05, 4.69) is 5.32 Å². The molecule has 0 saturated heterocycles. The molecule has 0 aliphatic carbocycles. The van der Waals surface area contributed by atoms with Gasteiger partial charge in [0.2, 0.25) is 5.91 Å². The molecule has 3 heteroatoms. The highest BCUT2D eigenvalue weighted by Crippen LogP contribution is 2.34. The molecule has 1 aromatic rings. The third kappa shape index (κ3) is 1.43. The molecule has 1 unspecified atom stereocenters. The lowest BCUT2D eigenvalue weighted by atomic mass is 9.78. The number of carbonyl (C=O) groups is 1. The van der Waals surface area contributed by atoms with Gasteiger partial charge in [-0.1, -0.05) is 24.3 Å². The largest absolute Gasteiger partial charge is 0.357 e. The van der Waals surface area contributed by atoms with E-state index in [4.69, 9.17) is 4.74 Å². The third-order valence-electron chi connectivity index (χ3n) is 2.98. The molecule has 0 aromatic heterocycles. The maximum atomic E-state index is 11.9. The van der Waals surface area contributed by atoms with E-state index >= 15 is 0 Å². The number of hydrogen-bond acceptors (Lipinski definition) is 2. The van der Waals surface area contributed by atoms with Gasteiger partial charge >= 0.3 is 0 Å². The van der Waals surface area contributed by atoms with Gasteiger partial charge in [-0.05, 0) is 19.4 Å². The average Bonchev–Trinajstić information content (AvgIpc) is 2.24. The molecule has 3 nitrogen and oxygen atoms in total. The van der Waals surface area contributed by atoms with Crippen molar-refractivity contribution in [1.82, 2.24) is 5.32 Å². The van der Waals surface area contributed by atoms with Crippen LogP contribution in [0, 0.1) is 0 Å². The van der Waals surface area contributed by atoms with Crippen molar-refractivity contribution in [2.24, 2.45) is 0 Å². The van der Waals surface area contributed by atoms with Crippen molar-refractivity contribution < 1.29 is 9.53 Å². The molecule has 0 fully saturated rings. The van der Waals surface area contributed by atoms with Gasteiger partial charge in [0, 0.05) is 12.7 Å². The second-order valence-corrected chi connectivity index (χ2v) is 4.30. The van der Waals surface area contributed by atoms with Crippen molar-refractivity contribution in [2.75, 3.05) is 7.11 Å². The van der Waals surface area contributed by atoms with Crippen LogP contribution in [0.4, 0.5) is 0 Å². The smallest absolute Gasteiger partial charge is 0.232 e. The van der Waals surface area contributed by atoms with Crippen LogP contribution in [0.5, 0.6) is 0 Å². The molecule has 0 radical (unpaired) electrons. The number of rotatable bonds is 1. The molecule has 15 heavy (non-hydrogen) atoms. The van der Waals surface area contributed by atoms with Crippen molar-refractivity contribution >= 4 is 5.91 Å². The van der Waals surface area contributed by atoms with E-state index in [9.17, 15) is 4.79 Å². The summed E-state index contributed by atoms with van der Waals surface area (Å²) >= 11 is 0. The van der Waals surface area contributed by atoms with Crippen LogP contribution in [-0.2, 0) is 14.9 Å². The zero-order valence-electron chi connectivity index (χ0n) is 9.20. The summed E-state index contributed by atoms with van der Waals surface area (Å²) in [5.41, 5.74) is 1.61. The van der Waals surface area contributed by atoms with E-state index in [1.54, 1.807) is 7.11 Å². The van der Waals surface area contributed by atoms with E-state index in [0.29, 0.717) is 0 Å². The van der Waals surface area contributed by atoms with Crippen LogP contribution < -0.4 is 5.32 Å². The Bertz CT molecular complexity index is 398. The Kier molecular flexibility index (Phi) is 2.27. The van der Waals surface area contributed by atoms with Crippen molar-refractivity contribution in [1.29, 1.82) is 0 Å². The third-order valence-corrected chi connectivity index (χ3v) is 2.98. The Morgan fingerprint density at radius 3 is 2.67 bits per heavy atom. The molecule has 1 aliphatic heterocycles. The SMILES string of the molecule is COC1NC(=O)C(C)(C)c2ccccc21. The fourth-order valence-electron chi connectivity index (χ4n) is 1.98. The molecule has 1 amide bonds. The lowest BCUT2D eigenvalue weighted by Crippen LogP contribution is -2.47. The van der Waals surface area contributed by atoms with Gasteiger partial charge in [0.05, 0.1) is 5.41 Å². The zero-order valence-corrected chi connectivity index (χ0v) is 9.20. The van der Waals surface area contributed by atoms with Crippen molar-refractivity contribution in [3.05, 3.63) is 35.4 Å². The lowest BCUT2D eigenvalue weighted by molar-refractivity contribution is -0.131. The summed E-state index contributed by atoms with van der Waals surface area (Å²) < 4.78 is 5.25. The second-order valence-electron chi connectivity index (χ2n) is 4.30. The Labute approximate surface area is 89.4 Å². The number of benzene rings is 1. The van der Waals surface area contributed by atoms with Crippen LogP contribution in [0.3, 0.4) is 0 Å². The van der Waals surface area contributed by atoms with E-state index < -0.39 is 5.41 Å². The molecule has 1 aliphatic rings. The number of methoxy groups -OCH3 is 1. The summed E-state index contributed by atoms with van der Waals surface area (Å²) in [6.45, 7) is 3.85. The second kappa shape index (κ2) is 3.35. The molecule has 1 N–H and O–H groups in total. The summed E-state index contributed by atoms with van der Waals surface area (Å²) in [7, 11) is 1.60. The van der Waals surface area contributed by atoms with E-state index in [1.165, 1.54) is 0 Å². The van der Waals surface area contributed by atoms with Crippen molar-refractivity contribution in [3.63, 3.8) is 0 Å². The Balaban J connectivity index is 2.58. The summed E-state index contributed by atoms with van der Waals surface area (Å²) in [6.07, 6.45) is -0.318. The highest BCUT2D eigenvalue weighted by Gasteiger charge is 2.39. The van der Waals surface area contributed by atoms with Crippen molar-refractivity contribution in [2.45, 2.75) is 25.5 Å². The molecule has 80 valence electrons. The maximum absolute atomic E-state index is 11.9. The number of amides is 1. The van der Waals surface area contributed by atoms with Gasteiger partial charge in [0.15, 0.2) is 6.23 Å². The first-order valence-electron chi connectivity index (χ1n) is 5.00. The first-order valence-corrected chi connectivity index (χ1v) is 5.00. The van der Waals surface area contributed by atoms with Crippen LogP contribution in [0.25, 0.3) is 0 Å². The van der Waals surface area contributed by atoms with Crippen LogP contribution >= 0.6 is 0 Å². The topological polar surface area (TPSA) is 38.3 Å². The van der Waals surface area contributed by atoms with Gasteiger partial charge in [0.25, 0.3) is 0 Å². The summed E-state index contributed by atoms with van der Waals surface area (Å²) in [6, 6.07) is 7.88. The fourth-order valence-corrected chi connectivity index (χ4v) is 1.98.